The number of benzene rings is 2. The molecule has 0 fully saturated rings. The zero-order chi connectivity index (χ0) is 13.8. The predicted octanol–water partition coefficient (Wildman–Crippen LogP) is 4.32. The largest absolute Gasteiger partial charge is 0.306 e. The molecular weight excluding hydrogens is 268 g/mol. The number of halogens is 3. The van der Waals surface area contributed by atoms with Gasteiger partial charge in [-0.15, -0.1) is 0 Å². The van der Waals surface area contributed by atoms with Crippen LogP contribution in [0.5, 0.6) is 0 Å². The second-order valence-electron chi connectivity index (χ2n) is 4.19. The van der Waals surface area contributed by atoms with E-state index in [4.69, 9.17) is 11.6 Å². The summed E-state index contributed by atoms with van der Waals surface area (Å²) in [4.78, 5) is 0. The first kappa shape index (κ1) is 14.0. The minimum absolute atomic E-state index is 0.296. The molecule has 0 aliphatic rings. The molecule has 0 aliphatic carbocycles. The second-order valence-corrected chi connectivity index (χ2v) is 4.62. The molecule has 0 radical (unpaired) electrons. The van der Waals surface area contributed by atoms with Gasteiger partial charge in [0.25, 0.3) is 0 Å². The maximum absolute atomic E-state index is 13.9. The lowest BCUT2D eigenvalue weighted by atomic mass is 9.98. The standard InChI is InChI=1S/C15H14ClF2N/c1-2-19-15(10-6-8-11(16)9-7-10)12-4-3-5-13(17)14(12)18/h3-9,15,19H,2H2,1H3. The highest BCUT2D eigenvalue weighted by Crippen LogP contribution is 2.26. The molecule has 0 saturated heterocycles. The van der Waals surface area contributed by atoms with Crippen LogP contribution in [0.2, 0.25) is 5.02 Å². The van der Waals surface area contributed by atoms with Gasteiger partial charge in [0.05, 0.1) is 6.04 Å². The van der Waals surface area contributed by atoms with E-state index in [1.165, 1.54) is 6.07 Å². The van der Waals surface area contributed by atoms with E-state index in [-0.39, 0.29) is 0 Å². The summed E-state index contributed by atoms with van der Waals surface area (Å²) in [6.45, 7) is 2.56. The lowest BCUT2D eigenvalue weighted by Gasteiger charge is -2.19. The Bertz CT molecular complexity index is 555. The van der Waals surface area contributed by atoms with Crippen LogP contribution in [0.3, 0.4) is 0 Å². The van der Waals surface area contributed by atoms with Crippen LogP contribution in [0.15, 0.2) is 42.5 Å². The Hall–Kier alpha value is -1.45. The average molecular weight is 282 g/mol. The fourth-order valence-corrected chi connectivity index (χ4v) is 2.14. The van der Waals surface area contributed by atoms with Crippen LogP contribution in [0.25, 0.3) is 0 Å². The fourth-order valence-electron chi connectivity index (χ4n) is 2.01. The van der Waals surface area contributed by atoms with Crippen molar-refractivity contribution in [3.8, 4) is 0 Å². The number of hydrogen-bond donors (Lipinski definition) is 1. The van der Waals surface area contributed by atoms with Gasteiger partial charge in [-0.1, -0.05) is 42.8 Å². The first-order valence-electron chi connectivity index (χ1n) is 6.06. The second kappa shape index (κ2) is 6.13. The molecule has 1 N–H and O–H groups in total. The van der Waals surface area contributed by atoms with E-state index in [9.17, 15) is 8.78 Å². The Kier molecular flexibility index (Phi) is 4.51. The predicted molar refractivity (Wildman–Crippen MR) is 73.3 cm³/mol. The van der Waals surface area contributed by atoms with Crippen LogP contribution < -0.4 is 5.32 Å². The molecule has 0 amide bonds. The Morgan fingerprint density at radius 2 is 1.79 bits per heavy atom. The van der Waals surface area contributed by atoms with Crippen LogP contribution in [-0.4, -0.2) is 6.54 Å². The first-order chi connectivity index (χ1) is 9.13. The molecule has 1 unspecified atom stereocenters. The van der Waals surface area contributed by atoms with E-state index in [2.05, 4.69) is 5.32 Å². The van der Waals surface area contributed by atoms with Crippen molar-refractivity contribution in [1.82, 2.24) is 5.32 Å². The third-order valence-corrected chi connectivity index (χ3v) is 3.16. The van der Waals surface area contributed by atoms with Crippen LogP contribution >= 0.6 is 11.6 Å². The summed E-state index contributed by atoms with van der Waals surface area (Å²) in [5.74, 6) is -1.65. The summed E-state index contributed by atoms with van der Waals surface area (Å²) in [6.07, 6.45) is 0. The highest BCUT2D eigenvalue weighted by molar-refractivity contribution is 6.30. The Balaban J connectivity index is 2.45. The van der Waals surface area contributed by atoms with Crippen LogP contribution in [0, 0.1) is 11.6 Å². The zero-order valence-corrected chi connectivity index (χ0v) is 11.2. The van der Waals surface area contributed by atoms with Crippen molar-refractivity contribution < 1.29 is 8.78 Å². The molecule has 1 nitrogen and oxygen atoms in total. The van der Waals surface area contributed by atoms with Gasteiger partial charge < -0.3 is 5.32 Å². The molecule has 0 aromatic heterocycles. The van der Waals surface area contributed by atoms with Crippen molar-refractivity contribution in [3.05, 3.63) is 70.2 Å². The zero-order valence-electron chi connectivity index (χ0n) is 10.5. The first-order valence-corrected chi connectivity index (χ1v) is 6.44. The van der Waals surface area contributed by atoms with E-state index < -0.39 is 17.7 Å². The number of rotatable bonds is 4. The number of hydrogen-bond acceptors (Lipinski definition) is 1. The minimum Gasteiger partial charge on any atom is -0.306 e. The molecule has 1 atom stereocenters. The van der Waals surface area contributed by atoms with Crippen molar-refractivity contribution in [2.24, 2.45) is 0 Å². The molecule has 100 valence electrons. The van der Waals surface area contributed by atoms with E-state index in [0.717, 1.165) is 11.6 Å². The van der Waals surface area contributed by atoms with Gasteiger partial charge in [0, 0.05) is 10.6 Å². The molecule has 0 spiro atoms. The van der Waals surface area contributed by atoms with Crippen LogP contribution in [0.1, 0.15) is 24.1 Å². The minimum atomic E-state index is -0.839. The summed E-state index contributed by atoms with van der Waals surface area (Å²) in [5.41, 5.74) is 1.14. The molecule has 2 aromatic rings. The quantitative estimate of drug-likeness (QED) is 0.880. The Morgan fingerprint density at radius 1 is 1.11 bits per heavy atom. The molecule has 0 saturated carbocycles. The van der Waals surface area contributed by atoms with Gasteiger partial charge in [0.1, 0.15) is 0 Å². The molecule has 0 heterocycles. The van der Waals surface area contributed by atoms with E-state index in [1.54, 1.807) is 30.3 Å². The molecular formula is C15H14ClF2N. The van der Waals surface area contributed by atoms with Gasteiger partial charge in [0.2, 0.25) is 0 Å². The van der Waals surface area contributed by atoms with Crippen molar-refractivity contribution >= 4 is 11.6 Å². The lowest BCUT2D eigenvalue weighted by Crippen LogP contribution is -2.23. The molecule has 0 aliphatic heterocycles. The van der Waals surface area contributed by atoms with Crippen LogP contribution in [-0.2, 0) is 0 Å². The average Bonchev–Trinajstić information content (AvgIpc) is 2.41. The van der Waals surface area contributed by atoms with Gasteiger partial charge in [-0.3, -0.25) is 0 Å². The van der Waals surface area contributed by atoms with Crippen molar-refractivity contribution in [2.75, 3.05) is 6.54 Å². The summed E-state index contributed by atoms with van der Waals surface area (Å²) in [7, 11) is 0. The molecule has 4 heteroatoms. The van der Waals surface area contributed by atoms with E-state index in [1.807, 2.05) is 6.92 Å². The van der Waals surface area contributed by atoms with Gasteiger partial charge in [-0.05, 0) is 30.3 Å². The maximum Gasteiger partial charge on any atom is 0.163 e. The van der Waals surface area contributed by atoms with Gasteiger partial charge >= 0.3 is 0 Å². The van der Waals surface area contributed by atoms with Gasteiger partial charge in [-0.2, -0.15) is 0 Å². The van der Waals surface area contributed by atoms with E-state index in [0.29, 0.717) is 17.1 Å². The van der Waals surface area contributed by atoms with Crippen molar-refractivity contribution in [2.45, 2.75) is 13.0 Å². The van der Waals surface area contributed by atoms with Crippen molar-refractivity contribution in [3.63, 3.8) is 0 Å². The summed E-state index contributed by atoms with van der Waals surface area (Å²) >= 11 is 5.84. The topological polar surface area (TPSA) is 12.0 Å². The molecule has 2 rings (SSSR count). The highest BCUT2D eigenvalue weighted by atomic mass is 35.5. The lowest BCUT2D eigenvalue weighted by molar-refractivity contribution is 0.483. The van der Waals surface area contributed by atoms with Gasteiger partial charge in [-0.25, -0.2) is 8.78 Å². The highest BCUT2D eigenvalue weighted by Gasteiger charge is 2.19. The fraction of sp³-hybridized carbons (Fsp3) is 0.200. The summed E-state index contributed by atoms with van der Waals surface area (Å²) in [6, 6.07) is 10.9. The third kappa shape index (κ3) is 3.11. The Labute approximate surface area is 116 Å². The monoisotopic (exact) mass is 281 g/mol. The summed E-state index contributed by atoms with van der Waals surface area (Å²) < 4.78 is 27.2. The SMILES string of the molecule is CCNC(c1ccc(Cl)cc1)c1cccc(F)c1F. The summed E-state index contributed by atoms with van der Waals surface area (Å²) in [5, 5.41) is 3.76. The Morgan fingerprint density at radius 3 is 2.42 bits per heavy atom. The maximum atomic E-state index is 13.9. The molecule has 2 aromatic carbocycles. The normalized spacial score (nSPS) is 12.4. The van der Waals surface area contributed by atoms with Crippen molar-refractivity contribution in [1.29, 1.82) is 0 Å². The van der Waals surface area contributed by atoms with Gasteiger partial charge in [0.15, 0.2) is 11.6 Å². The van der Waals surface area contributed by atoms with E-state index >= 15 is 0 Å². The smallest absolute Gasteiger partial charge is 0.163 e. The molecule has 19 heavy (non-hydrogen) atoms. The number of nitrogens with one attached hydrogen (secondary N) is 1. The molecule has 0 bridgehead atoms. The van der Waals surface area contributed by atoms with Crippen LogP contribution in [0.4, 0.5) is 8.78 Å². The third-order valence-electron chi connectivity index (χ3n) is 2.90.